The molecule has 0 radical (unpaired) electrons. The second-order valence-corrected chi connectivity index (χ2v) is 7.58. The molecule has 3 aromatic rings. The third kappa shape index (κ3) is 4.85. The predicted octanol–water partition coefficient (Wildman–Crippen LogP) is 4.08. The molecule has 4 rings (SSSR count). The second kappa shape index (κ2) is 9.52. The number of para-hydroxylation sites is 3. The Morgan fingerprint density at radius 3 is 2.39 bits per heavy atom. The third-order valence-corrected chi connectivity index (χ3v) is 5.41. The first-order chi connectivity index (χ1) is 16.0. The Morgan fingerprint density at radius 1 is 0.970 bits per heavy atom. The summed E-state index contributed by atoms with van der Waals surface area (Å²) in [6, 6.07) is 19.5. The van der Waals surface area contributed by atoms with Crippen LogP contribution in [-0.2, 0) is 9.59 Å². The lowest BCUT2D eigenvalue weighted by Gasteiger charge is -2.17. The number of hydrogen-bond acceptors (Lipinski definition) is 4. The Balaban J connectivity index is 1.38. The van der Waals surface area contributed by atoms with E-state index in [2.05, 4.69) is 10.6 Å². The Bertz CT molecular complexity index is 1200. The highest BCUT2D eigenvalue weighted by Gasteiger charge is 2.36. The number of nitrogens with zero attached hydrogens (tertiary/aromatic N) is 1. The Morgan fingerprint density at radius 2 is 1.67 bits per heavy atom. The molecular weight excluding hydrogens is 425 g/mol. The van der Waals surface area contributed by atoms with Crippen LogP contribution in [0.2, 0.25) is 0 Å². The Hall–Kier alpha value is -4.20. The minimum absolute atomic E-state index is 0.000431. The van der Waals surface area contributed by atoms with E-state index >= 15 is 0 Å². The van der Waals surface area contributed by atoms with Crippen molar-refractivity contribution in [3.8, 4) is 5.75 Å². The summed E-state index contributed by atoms with van der Waals surface area (Å²) in [5.74, 6) is -1.53. The molecule has 2 N–H and O–H groups in total. The minimum atomic E-state index is -0.606. The summed E-state index contributed by atoms with van der Waals surface area (Å²) >= 11 is 0. The van der Waals surface area contributed by atoms with Gasteiger partial charge in [0.2, 0.25) is 11.8 Å². The first kappa shape index (κ1) is 22.0. The van der Waals surface area contributed by atoms with Crippen molar-refractivity contribution in [3.63, 3.8) is 0 Å². The fourth-order valence-corrected chi connectivity index (χ4v) is 3.68. The molecular formula is C25H22FN3O4. The predicted molar refractivity (Wildman–Crippen MR) is 123 cm³/mol. The average Bonchev–Trinajstić information content (AvgIpc) is 3.21. The van der Waals surface area contributed by atoms with E-state index in [4.69, 9.17) is 4.74 Å². The van der Waals surface area contributed by atoms with Crippen molar-refractivity contribution in [3.05, 3.63) is 84.2 Å². The van der Waals surface area contributed by atoms with Crippen LogP contribution in [0.4, 0.5) is 21.5 Å². The van der Waals surface area contributed by atoms with Gasteiger partial charge in [0.1, 0.15) is 11.6 Å². The van der Waals surface area contributed by atoms with Gasteiger partial charge in [0.25, 0.3) is 5.91 Å². The maximum Gasteiger partial charge on any atom is 0.255 e. The van der Waals surface area contributed by atoms with Gasteiger partial charge in [-0.05, 0) is 48.5 Å². The summed E-state index contributed by atoms with van der Waals surface area (Å²) in [4.78, 5) is 38.8. The van der Waals surface area contributed by atoms with Crippen LogP contribution in [0.5, 0.6) is 5.75 Å². The fourth-order valence-electron chi connectivity index (χ4n) is 3.68. The summed E-state index contributed by atoms with van der Waals surface area (Å²) in [5, 5.41) is 5.55. The zero-order valence-corrected chi connectivity index (χ0v) is 17.9. The summed E-state index contributed by atoms with van der Waals surface area (Å²) in [7, 11) is 1.52. The number of hydrogen-bond donors (Lipinski definition) is 2. The molecule has 1 aliphatic rings. The van der Waals surface area contributed by atoms with Crippen molar-refractivity contribution in [2.45, 2.75) is 6.42 Å². The largest absolute Gasteiger partial charge is 0.495 e. The van der Waals surface area contributed by atoms with E-state index in [1.165, 1.54) is 24.1 Å². The quantitative estimate of drug-likeness (QED) is 0.596. The first-order valence-electron chi connectivity index (χ1n) is 10.4. The number of carbonyl (C=O) groups is 3. The summed E-state index contributed by atoms with van der Waals surface area (Å²) in [6.45, 7) is 0.102. The zero-order chi connectivity index (χ0) is 23.4. The third-order valence-electron chi connectivity index (χ3n) is 5.41. The van der Waals surface area contributed by atoms with Gasteiger partial charge in [0, 0.05) is 24.2 Å². The smallest absolute Gasteiger partial charge is 0.255 e. The molecule has 8 heteroatoms. The minimum Gasteiger partial charge on any atom is -0.495 e. The topological polar surface area (TPSA) is 87.7 Å². The van der Waals surface area contributed by atoms with Gasteiger partial charge in [-0.15, -0.1) is 0 Å². The van der Waals surface area contributed by atoms with Crippen molar-refractivity contribution >= 4 is 34.8 Å². The number of rotatable bonds is 6. The molecule has 1 heterocycles. The number of anilines is 3. The lowest BCUT2D eigenvalue weighted by molar-refractivity contribution is -0.122. The SMILES string of the molecule is COc1ccccc1NC(=O)c1ccc(NC(=O)C2CC(=O)N(c3ccccc3F)C2)cc1. The molecule has 1 atom stereocenters. The summed E-state index contributed by atoms with van der Waals surface area (Å²) in [5.41, 5.74) is 1.61. The van der Waals surface area contributed by atoms with Crippen LogP contribution >= 0.6 is 0 Å². The van der Waals surface area contributed by atoms with Crippen LogP contribution in [-0.4, -0.2) is 31.4 Å². The number of halogens is 1. The van der Waals surface area contributed by atoms with Crippen LogP contribution in [0.1, 0.15) is 16.8 Å². The molecule has 0 saturated carbocycles. The molecule has 1 saturated heterocycles. The van der Waals surface area contributed by atoms with Gasteiger partial charge in [-0.25, -0.2) is 4.39 Å². The van der Waals surface area contributed by atoms with Crippen molar-refractivity contribution in [2.24, 2.45) is 5.92 Å². The maximum atomic E-state index is 14.0. The van der Waals surface area contributed by atoms with Gasteiger partial charge in [0.05, 0.1) is 24.4 Å². The highest BCUT2D eigenvalue weighted by Crippen LogP contribution is 2.28. The van der Waals surface area contributed by atoms with Crippen molar-refractivity contribution in [1.29, 1.82) is 0 Å². The second-order valence-electron chi connectivity index (χ2n) is 7.58. The van der Waals surface area contributed by atoms with E-state index in [0.29, 0.717) is 22.7 Å². The molecule has 0 bridgehead atoms. The van der Waals surface area contributed by atoms with Crippen LogP contribution in [0, 0.1) is 11.7 Å². The van der Waals surface area contributed by atoms with Gasteiger partial charge in [-0.3, -0.25) is 14.4 Å². The van der Waals surface area contributed by atoms with Gasteiger partial charge in [0.15, 0.2) is 0 Å². The monoisotopic (exact) mass is 447 g/mol. The summed E-state index contributed by atoms with van der Waals surface area (Å²) < 4.78 is 19.3. The molecule has 7 nitrogen and oxygen atoms in total. The molecule has 168 valence electrons. The Kier molecular flexibility index (Phi) is 6.35. The number of ether oxygens (including phenoxy) is 1. The molecule has 1 aliphatic heterocycles. The molecule has 0 aliphatic carbocycles. The van der Waals surface area contributed by atoms with Gasteiger partial charge in [-0.1, -0.05) is 24.3 Å². The van der Waals surface area contributed by atoms with Crippen molar-refractivity contribution in [1.82, 2.24) is 0 Å². The fraction of sp³-hybridized carbons (Fsp3) is 0.160. The molecule has 33 heavy (non-hydrogen) atoms. The zero-order valence-electron chi connectivity index (χ0n) is 17.9. The van der Waals surface area contributed by atoms with Crippen LogP contribution in [0.15, 0.2) is 72.8 Å². The Labute approximate surface area is 190 Å². The maximum absolute atomic E-state index is 14.0. The van der Waals surface area contributed by atoms with Crippen LogP contribution in [0.25, 0.3) is 0 Å². The standard InChI is InChI=1S/C25H22FN3O4/c1-33-22-9-5-3-7-20(22)28-24(31)16-10-12-18(13-11-16)27-25(32)17-14-23(30)29(15-17)21-8-4-2-6-19(21)26/h2-13,17H,14-15H2,1H3,(H,27,32)(H,28,31). The highest BCUT2D eigenvalue weighted by atomic mass is 19.1. The van der Waals surface area contributed by atoms with E-state index in [-0.39, 0.29) is 36.4 Å². The first-order valence-corrected chi connectivity index (χ1v) is 10.4. The number of methoxy groups -OCH3 is 1. The number of carbonyl (C=O) groups excluding carboxylic acids is 3. The molecule has 3 aromatic carbocycles. The van der Waals surface area contributed by atoms with E-state index in [0.717, 1.165) is 0 Å². The van der Waals surface area contributed by atoms with E-state index < -0.39 is 11.7 Å². The highest BCUT2D eigenvalue weighted by molar-refractivity contribution is 6.06. The van der Waals surface area contributed by atoms with Gasteiger partial charge in [-0.2, -0.15) is 0 Å². The van der Waals surface area contributed by atoms with Gasteiger partial charge >= 0.3 is 0 Å². The number of nitrogens with one attached hydrogen (secondary N) is 2. The molecule has 1 fully saturated rings. The lowest BCUT2D eigenvalue weighted by Crippen LogP contribution is -2.28. The summed E-state index contributed by atoms with van der Waals surface area (Å²) in [6.07, 6.45) is -0.000431. The molecule has 0 aromatic heterocycles. The number of amides is 3. The van der Waals surface area contributed by atoms with Crippen molar-refractivity contribution in [2.75, 3.05) is 29.2 Å². The number of benzene rings is 3. The van der Waals surface area contributed by atoms with Crippen LogP contribution < -0.4 is 20.3 Å². The van der Waals surface area contributed by atoms with E-state index in [1.807, 2.05) is 0 Å². The van der Waals surface area contributed by atoms with E-state index in [9.17, 15) is 18.8 Å². The lowest BCUT2D eigenvalue weighted by atomic mass is 10.1. The molecule has 3 amide bonds. The average molecular weight is 447 g/mol. The normalized spacial score (nSPS) is 15.3. The molecule has 0 spiro atoms. The van der Waals surface area contributed by atoms with Crippen LogP contribution in [0.3, 0.4) is 0 Å². The van der Waals surface area contributed by atoms with Crippen molar-refractivity contribution < 1.29 is 23.5 Å². The van der Waals surface area contributed by atoms with Gasteiger partial charge < -0.3 is 20.3 Å². The van der Waals surface area contributed by atoms with E-state index in [1.54, 1.807) is 60.7 Å². The molecule has 1 unspecified atom stereocenters.